The van der Waals surface area contributed by atoms with Gasteiger partial charge in [0.05, 0.1) is 5.69 Å². The van der Waals surface area contributed by atoms with Gasteiger partial charge in [-0.1, -0.05) is 0 Å². The zero-order valence-corrected chi connectivity index (χ0v) is 6.72. The zero-order valence-electron chi connectivity index (χ0n) is 5.90. The molecule has 0 aliphatic carbocycles. The van der Waals surface area contributed by atoms with Crippen molar-refractivity contribution in [3.8, 4) is 0 Å². The van der Waals surface area contributed by atoms with Crippen molar-refractivity contribution in [2.24, 2.45) is 0 Å². The maximum Gasteiger partial charge on any atom is 0.146 e. The standard InChI is InChI=1S/C6H6N4S/c1-3-4-5(11-10-3)6(7)9-2-8-4/h2H,1H3,(H2,7,8,9). The van der Waals surface area contributed by atoms with Crippen LogP contribution in [-0.2, 0) is 0 Å². The molecule has 56 valence electrons. The highest BCUT2D eigenvalue weighted by molar-refractivity contribution is 7.14. The Labute approximate surface area is 67.3 Å². The molecule has 0 unspecified atom stereocenters. The zero-order chi connectivity index (χ0) is 7.84. The van der Waals surface area contributed by atoms with Crippen molar-refractivity contribution in [3.05, 3.63) is 12.0 Å². The Morgan fingerprint density at radius 2 is 2.27 bits per heavy atom. The summed E-state index contributed by atoms with van der Waals surface area (Å²) in [5.74, 6) is 0.514. The summed E-state index contributed by atoms with van der Waals surface area (Å²) in [6.45, 7) is 1.91. The van der Waals surface area contributed by atoms with E-state index in [1.165, 1.54) is 17.9 Å². The Hall–Kier alpha value is -1.23. The van der Waals surface area contributed by atoms with Gasteiger partial charge in [-0.2, -0.15) is 4.37 Å². The van der Waals surface area contributed by atoms with Crippen molar-refractivity contribution in [1.29, 1.82) is 0 Å². The van der Waals surface area contributed by atoms with E-state index in [1.54, 1.807) is 0 Å². The number of hydrogen-bond donors (Lipinski definition) is 1. The second-order valence-corrected chi connectivity index (χ2v) is 2.98. The molecule has 2 aromatic rings. The number of nitrogens with two attached hydrogens (primary N) is 1. The van der Waals surface area contributed by atoms with Gasteiger partial charge >= 0.3 is 0 Å². The largest absolute Gasteiger partial charge is 0.382 e. The molecule has 5 heteroatoms. The van der Waals surface area contributed by atoms with Crippen LogP contribution in [0.3, 0.4) is 0 Å². The minimum absolute atomic E-state index is 0.514. The van der Waals surface area contributed by atoms with Crippen molar-refractivity contribution in [1.82, 2.24) is 14.3 Å². The van der Waals surface area contributed by atoms with Crippen LogP contribution >= 0.6 is 11.5 Å². The number of anilines is 1. The predicted molar refractivity (Wildman–Crippen MR) is 44.4 cm³/mol. The molecule has 11 heavy (non-hydrogen) atoms. The lowest BCUT2D eigenvalue weighted by Gasteiger charge is -1.90. The maximum absolute atomic E-state index is 5.59. The van der Waals surface area contributed by atoms with E-state index in [4.69, 9.17) is 5.73 Å². The molecule has 2 N–H and O–H groups in total. The molecule has 0 fully saturated rings. The topological polar surface area (TPSA) is 64.7 Å². The van der Waals surface area contributed by atoms with Crippen LogP contribution in [0, 0.1) is 6.92 Å². The summed E-state index contributed by atoms with van der Waals surface area (Å²) >= 11 is 1.34. The van der Waals surface area contributed by atoms with Crippen molar-refractivity contribution in [3.63, 3.8) is 0 Å². The third-order valence-corrected chi connectivity index (χ3v) is 2.40. The van der Waals surface area contributed by atoms with Gasteiger partial charge in [0.15, 0.2) is 0 Å². The average Bonchev–Trinajstić information content (AvgIpc) is 2.35. The van der Waals surface area contributed by atoms with Gasteiger partial charge < -0.3 is 5.73 Å². The fourth-order valence-electron chi connectivity index (χ4n) is 0.892. The fourth-order valence-corrected chi connectivity index (χ4v) is 1.64. The van der Waals surface area contributed by atoms with Crippen LogP contribution in [0.25, 0.3) is 10.2 Å². The molecule has 0 aliphatic heterocycles. The number of nitrogen functional groups attached to an aromatic ring is 1. The van der Waals surface area contributed by atoms with Crippen molar-refractivity contribution in [2.45, 2.75) is 6.92 Å². The summed E-state index contributed by atoms with van der Waals surface area (Å²) < 4.78 is 5.00. The molecule has 0 saturated heterocycles. The van der Waals surface area contributed by atoms with Crippen molar-refractivity contribution in [2.75, 3.05) is 5.73 Å². The molecule has 2 heterocycles. The Bertz CT molecular complexity index is 394. The van der Waals surface area contributed by atoms with Gasteiger partial charge in [0, 0.05) is 0 Å². The molecule has 2 rings (SSSR count). The summed E-state index contributed by atoms with van der Waals surface area (Å²) in [7, 11) is 0. The van der Waals surface area contributed by atoms with E-state index in [0.29, 0.717) is 5.82 Å². The number of rotatable bonds is 0. The molecule has 0 radical (unpaired) electrons. The van der Waals surface area contributed by atoms with Crippen molar-refractivity contribution < 1.29 is 0 Å². The number of aryl methyl sites for hydroxylation is 1. The normalized spacial score (nSPS) is 10.6. The average molecular weight is 166 g/mol. The van der Waals surface area contributed by atoms with E-state index in [1.807, 2.05) is 6.92 Å². The molecular weight excluding hydrogens is 160 g/mol. The first-order valence-corrected chi connectivity index (χ1v) is 3.89. The molecule has 0 spiro atoms. The molecule has 0 aliphatic rings. The third-order valence-electron chi connectivity index (χ3n) is 1.45. The first-order valence-electron chi connectivity index (χ1n) is 3.11. The first-order chi connectivity index (χ1) is 5.29. The van der Waals surface area contributed by atoms with Crippen molar-refractivity contribution >= 4 is 27.6 Å². The van der Waals surface area contributed by atoms with Gasteiger partial charge in [-0.15, -0.1) is 0 Å². The summed E-state index contributed by atoms with van der Waals surface area (Å²) in [5, 5.41) is 0. The van der Waals surface area contributed by atoms with E-state index >= 15 is 0 Å². The third kappa shape index (κ3) is 0.848. The lowest BCUT2D eigenvalue weighted by molar-refractivity contribution is 1.22. The van der Waals surface area contributed by atoms with E-state index in [-0.39, 0.29) is 0 Å². The van der Waals surface area contributed by atoms with Crippen LogP contribution < -0.4 is 5.73 Å². The quantitative estimate of drug-likeness (QED) is 0.633. The smallest absolute Gasteiger partial charge is 0.146 e. The molecular formula is C6H6N4S. The highest BCUT2D eigenvalue weighted by Gasteiger charge is 2.05. The summed E-state index contributed by atoms with van der Waals surface area (Å²) in [6.07, 6.45) is 1.46. The molecule has 2 aromatic heterocycles. The lowest BCUT2D eigenvalue weighted by atomic mass is 10.4. The molecule has 0 bridgehead atoms. The Morgan fingerprint density at radius 1 is 1.45 bits per heavy atom. The highest BCUT2D eigenvalue weighted by Crippen LogP contribution is 2.22. The number of fused-ring (bicyclic) bond motifs is 1. The Morgan fingerprint density at radius 3 is 3.00 bits per heavy atom. The Kier molecular flexibility index (Phi) is 1.25. The summed E-state index contributed by atoms with van der Waals surface area (Å²) in [5.41, 5.74) is 7.37. The van der Waals surface area contributed by atoms with Crippen LogP contribution in [0.4, 0.5) is 5.82 Å². The number of aromatic nitrogens is 3. The summed E-state index contributed by atoms with van der Waals surface area (Å²) in [6, 6.07) is 0. The van der Waals surface area contributed by atoms with E-state index in [2.05, 4.69) is 14.3 Å². The van der Waals surface area contributed by atoms with Crippen LogP contribution in [0.5, 0.6) is 0 Å². The minimum atomic E-state index is 0.514. The van der Waals surface area contributed by atoms with E-state index in [9.17, 15) is 0 Å². The SMILES string of the molecule is Cc1nsc2c(N)ncnc12. The van der Waals surface area contributed by atoms with Crippen LogP contribution in [0.1, 0.15) is 5.69 Å². The van der Waals surface area contributed by atoms with Gasteiger partial charge in [-0.25, -0.2) is 9.97 Å². The first kappa shape index (κ1) is 6.48. The number of nitrogens with zero attached hydrogens (tertiary/aromatic N) is 3. The highest BCUT2D eigenvalue weighted by atomic mass is 32.1. The van der Waals surface area contributed by atoms with Crippen LogP contribution in [-0.4, -0.2) is 14.3 Å². The van der Waals surface area contributed by atoms with E-state index < -0.39 is 0 Å². The fraction of sp³-hybridized carbons (Fsp3) is 0.167. The minimum Gasteiger partial charge on any atom is -0.382 e. The molecule has 0 saturated carbocycles. The molecule has 0 aromatic carbocycles. The van der Waals surface area contributed by atoms with Gasteiger partial charge in [-0.05, 0) is 18.5 Å². The number of hydrogen-bond acceptors (Lipinski definition) is 5. The summed E-state index contributed by atoms with van der Waals surface area (Å²) in [4.78, 5) is 7.92. The second kappa shape index (κ2) is 2.13. The van der Waals surface area contributed by atoms with Crippen LogP contribution in [0.2, 0.25) is 0 Å². The van der Waals surface area contributed by atoms with Gasteiger partial charge in [0.1, 0.15) is 22.4 Å². The monoisotopic (exact) mass is 166 g/mol. The molecule has 0 amide bonds. The lowest BCUT2D eigenvalue weighted by Crippen LogP contribution is -1.90. The molecule has 4 nitrogen and oxygen atoms in total. The Balaban J connectivity index is 2.94. The molecule has 0 atom stereocenters. The van der Waals surface area contributed by atoms with Gasteiger partial charge in [0.25, 0.3) is 0 Å². The van der Waals surface area contributed by atoms with E-state index in [0.717, 1.165) is 15.9 Å². The van der Waals surface area contributed by atoms with Gasteiger partial charge in [-0.3, -0.25) is 0 Å². The van der Waals surface area contributed by atoms with Gasteiger partial charge in [0.2, 0.25) is 0 Å². The van der Waals surface area contributed by atoms with Crippen LogP contribution in [0.15, 0.2) is 6.33 Å². The maximum atomic E-state index is 5.59. The second-order valence-electron chi connectivity index (χ2n) is 2.20. The predicted octanol–water partition coefficient (Wildman–Crippen LogP) is 0.977.